The van der Waals surface area contributed by atoms with Crippen molar-refractivity contribution in [1.82, 2.24) is 15.5 Å². The highest BCUT2D eigenvalue weighted by atomic mass is 16.5. The molecular weight excluding hydrogens is 278 g/mol. The Morgan fingerprint density at radius 3 is 2.38 bits per heavy atom. The number of likely N-dealkylation sites (N-methyl/N-ethyl adjacent to an activating group) is 1. The number of urea groups is 1. The van der Waals surface area contributed by atoms with Crippen molar-refractivity contribution in [2.75, 3.05) is 39.9 Å². The highest BCUT2D eigenvalue weighted by Gasteiger charge is 2.40. The number of hydrogen-bond donors (Lipinski definition) is 3. The number of carboxylic acids is 1. The fourth-order valence-electron chi connectivity index (χ4n) is 2.01. The molecule has 0 bridgehead atoms. The molecule has 120 valence electrons. The van der Waals surface area contributed by atoms with Crippen LogP contribution in [0.25, 0.3) is 0 Å². The highest BCUT2D eigenvalue weighted by Crippen LogP contribution is 2.29. The third-order valence-corrected chi connectivity index (χ3v) is 3.79. The van der Waals surface area contributed by atoms with E-state index in [1.165, 1.54) is 4.90 Å². The zero-order valence-corrected chi connectivity index (χ0v) is 12.5. The summed E-state index contributed by atoms with van der Waals surface area (Å²) in [6, 6.07) is -0.542. The molecule has 0 aromatic heterocycles. The monoisotopic (exact) mass is 301 g/mol. The van der Waals surface area contributed by atoms with Gasteiger partial charge in [0.25, 0.3) is 0 Å². The second kappa shape index (κ2) is 7.82. The summed E-state index contributed by atoms with van der Waals surface area (Å²) in [5.74, 6) is -1.14. The molecule has 0 atom stereocenters. The molecule has 8 heteroatoms. The van der Waals surface area contributed by atoms with Crippen LogP contribution in [0.3, 0.4) is 0 Å². The minimum Gasteiger partial charge on any atom is -0.481 e. The number of carboxylic acid groups (broad SMARTS) is 1. The van der Waals surface area contributed by atoms with Crippen molar-refractivity contribution in [3.05, 3.63) is 0 Å². The molecule has 1 heterocycles. The standard InChI is InChI=1S/C13H23N3O5/c1-3-16(2)10(17)8-14-12(20)15-9-13(11(18)19)4-6-21-7-5-13/h3-9H2,1-2H3,(H,18,19)(H2,14,15,20). The molecule has 0 aliphatic carbocycles. The maximum absolute atomic E-state index is 11.6. The van der Waals surface area contributed by atoms with Crippen LogP contribution < -0.4 is 10.6 Å². The molecule has 1 fully saturated rings. The first-order valence-electron chi connectivity index (χ1n) is 6.98. The van der Waals surface area contributed by atoms with E-state index in [0.29, 0.717) is 32.6 Å². The summed E-state index contributed by atoms with van der Waals surface area (Å²) < 4.78 is 5.16. The van der Waals surface area contributed by atoms with Gasteiger partial charge in [-0.1, -0.05) is 0 Å². The molecule has 1 aliphatic rings. The first kappa shape index (κ1) is 17.2. The van der Waals surface area contributed by atoms with Crippen LogP contribution in [0.1, 0.15) is 19.8 Å². The Morgan fingerprint density at radius 1 is 1.24 bits per heavy atom. The first-order chi connectivity index (χ1) is 9.91. The molecule has 21 heavy (non-hydrogen) atoms. The number of nitrogens with zero attached hydrogens (tertiary/aromatic N) is 1. The maximum atomic E-state index is 11.6. The molecule has 1 rings (SSSR count). The summed E-state index contributed by atoms with van der Waals surface area (Å²) >= 11 is 0. The minimum absolute atomic E-state index is 0.0231. The van der Waals surface area contributed by atoms with E-state index in [1.807, 2.05) is 6.92 Å². The first-order valence-corrected chi connectivity index (χ1v) is 6.98. The normalized spacial score (nSPS) is 16.9. The predicted molar refractivity (Wildman–Crippen MR) is 74.8 cm³/mol. The number of ether oxygens (including phenoxy) is 1. The molecule has 0 aromatic carbocycles. The van der Waals surface area contributed by atoms with E-state index < -0.39 is 17.4 Å². The Morgan fingerprint density at radius 2 is 1.86 bits per heavy atom. The van der Waals surface area contributed by atoms with Crippen LogP contribution in [0, 0.1) is 5.41 Å². The molecule has 0 saturated carbocycles. The van der Waals surface area contributed by atoms with Gasteiger partial charge in [-0.2, -0.15) is 0 Å². The Bertz CT molecular complexity index is 393. The lowest BCUT2D eigenvalue weighted by atomic mass is 9.80. The van der Waals surface area contributed by atoms with Crippen molar-refractivity contribution in [3.63, 3.8) is 0 Å². The van der Waals surface area contributed by atoms with Crippen LogP contribution in [0.4, 0.5) is 4.79 Å². The molecule has 3 amide bonds. The number of rotatable bonds is 6. The van der Waals surface area contributed by atoms with Crippen molar-refractivity contribution in [2.45, 2.75) is 19.8 Å². The van der Waals surface area contributed by atoms with Crippen molar-refractivity contribution >= 4 is 17.9 Å². The number of nitrogens with one attached hydrogen (secondary N) is 2. The van der Waals surface area contributed by atoms with Gasteiger partial charge in [-0.05, 0) is 19.8 Å². The Labute approximate surface area is 123 Å². The number of aliphatic carboxylic acids is 1. The average Bonchev–Trinajstić information content (AvgIpc) is 2.50. The molecule has 0 aromatic rings. The molecular formula is C13H23N3O5. The van der Waals surface area contributed by atoms with E-state index in [-0.39, 0.29) is 19.0 Å². The van der Waals surface area contributed by atoms with Crippen LogP contribution in [-0.2, 0) is 14.3 Å². The van der Waals surface area contributed by atoms with E-state index in [0.717, 1.165) is 0 Å². The van der Waals surface area contributed by atoms with Gasteiger partial charge < -0.3 is 25.4 Å². The third-order valence-electron chi connectivity index (χ3n) is 3.79. The van der Waals surface area contributed by atoms with E-state index in [2.05, 4.69) is 10.6 Å². The number of carbonyl (C=O) groups is 3. The van der Waals surface area contributed by atoms with Gasteiger partial charge in [-0.25, -0.2) is 4.79 Å². The Balaban J connectivity index is 2.40. The lowest BCUT2D eigenvalue weighted by Gasteiger charge is -2.33. The van der Waals surface area contributed by atoms with Gasteiger partial charge in [-0.15, -0.1) is 0 Å². The zero-order chi connectivity index (χ0) is 15.9. The molecule has 8 nitrogen and oxygen atoms in total. The Kier molecular flexibility index (Phi) is 6.41. The summed E-state index contributed by atoms with van der Waals surface area (Å²) in [7, 11) is 1.64. The van der Waals surface area contributed by atoms with Gasteiger partial charge in [0, 0.05) is 33.4 Å². The molecule has 0 radical (unpaired) electrons. The molecule has 1 saturated heterocycles. The Hall–Kier alpha value is -1.83. The smallest absolute Gasteiger partial charge is 0.315 e. The van der Waals surface area contributed by atoms with Crippen LogP contribution in [0.5, 0.6) is 0 Å². The average molecular weight is 301 g/mol. The van der Waals surface area contributed by atoms with E-state index >= 15 is 0 Å². The summed E-state index contributed by atoms with van der Waals surface area (Å²) in [4.78, 5) is 36.1. The van der Waals surface area contributed by atoms with Crippen LogP contribution in [-0.4, -0.2) is 67.8 Å². The largest absolute Gasteiger partial charge is 0.481 e. The number of carbonyl (C=O) groups excluding carboxylic acids is 2. The summed E-state index contributed by atoms with van der Waals surface area (Å²) in [5.41, 5.74) is -0.986. The van der Waals surface area contributed by atoms with E-state index in [1.54, 1.807) is 7.05 Å². The van der Waals surface area contributed by atoms with Gasteiger partial charge >= 0.3 is 12.0 Å². The fraction of sp³-hybridized carbons (Fsp3) is 0.769. The van der Waals surface area contributed by atoms with Crippen molar-refractivity contribution in [2.24, 2.45) is 5.41 Å². The lowest BCUT2D eigenvalue weighted by Crippen LogP contribution is -2.50. The SMILES string of the molecule is CCN(C)C(=O)CNC(=O)NCC1(C(=O)O)CCOCC1. The van der Waals surface area contributed by atoms with E-state index in [9.17, 15) is 19.5 Å². The number of amides is 3. The highest BCUT2D eigenvalue weighted by molar-refractivity contribution is 5.84. The van der Waals surface area contributed by atoms with Gasteiger partial charge in [0.2, 0.25) is 5.91 Å². The maximum Gasteiger partial charge on any atom is 0.315 e. The molecule has 1 aliphatic heterocycles. The second-order valence-electron chi connectivity index (χ2n) is 5.14. The van der Waals surface area contributed by atoms with E-state index in [4.69, 9.17) is 4.74 Å². The van der Waals surface area contributed by atoms with Gasteiger partial charge in [0.05, 0.1) is 12.0 Å². The summed E-state index contributed by atoms with van der Waals surface area (Å²) in [5, 5.41) is 14.3. The third kappa shape index (κ3) is 4.89. The predicted octanol–water partition coefficient (Wildman–Crippen LogP) is -0.355. The molecule has 0 spiro atoms. The van der Waals surface area contributed by atoms with Crippen LogP contribution in [0.15, 0.2) is 0 Å². The van der Waals surface area contributed by atoms with Crippen molar-refractivity contribution < 1.29 is 24.2 Å². The van der Waals surface area contributed by atoms with Crippen LogP contribution >= 0.6 is 0 Å². The molecule has 3 N–H and O–H groups in total. The topological polar surface area (TPSA) is 108 Å². The van der Waals surface area contributed by atoms with Crippen LogP contribution in [0.2, 0.25) is 0 Å². The van der Waals surface area contributed by atoms with Gasteiger partial charge in [0.15, 0.2) is 0 Å². The summed E-state index contributed by atoms with van der Waals surface area (Å²) in [6.45, 7) is 3.05. The van der Waals surface area contributed by atoms with Gasteiger partial charge in [-0.3, -0.25) is 9.59 Å². The fourth-order valence-corrected chi connectivity index (χ4v) is 2.01. The van der Waals surface area contributed by atoms with Crippen molar-refractivity contribution in [3.8, 4) is 0 Å². The quantitative estimate of drug-likeness (QED) is 0.621. The minimum atomic E-state index is -0.986. The summed E-state index contributed by atoms with van der Waals surface area (Å²) in [6.07, 6.45) is 0.722. The molecule has 0 unspecified atom stereocenters. The van der Waals surface area contributed by atoms with Gasteiger partial charge in [0.1, 0.15) is 0 Å². The lowest BCUT2D eigenvalue weighted by molar-refractivity contribution is -0.154. The zero-order valence-electron chi connectivity index (χ0n) is 12.5. The van der Waals surface area contributed by atoms with Crippen molar-refractivity contribution in [1.29, 1.82) is 0 Å². The second-order valence-corrected chi connectivity index (χ2v) is 5.14. The number of hydrogen-bond acceptors (Lipinski definition) is 4.